The van der Waals surface area contributed by atoms with Crippen LogP contribution in [0, 0.1) is 5.92 Å². The molecule has 1 atom stereocenters. The van der Waals surface area contributed by atoms with Gasteiger partial charge in [-0.05, 0) is 37.2 Å². The van der Waals surface area contributed by atoms with E-state index in [1.807, 2.05) is 0 Å². The monoisotopic (exact) mass is 235 g/mol. The average Bonchev–Trinajstić information content (AvgIpc) is 2.30. The molecule has 0 bridgehead atoms. The number of hydrogen-bond donors (Lipinski definition) is 0. The molecule has 1 aliphatic rings. The van der Waals surface area contributed by atoms with Gasteiger partial charge in [0.25, 0.3) is 0 Å². The van der Waals surface area contributed by atoms with Crippen molar-refractivity contribution in [2.24, 2.45) is 0 Å². The van der Waals surface area contributed by atoms with E-state index in [0.717, 1.165) is 19.3 Å². The number of alkyl halides is 1. The van der Waals surface area contributed by atoms with Gasteiger partial charge in [-0.1, -0.05) is 50.1 Å². The van der Waals surface area contributed by atoms with Crippen LogP contribution in [0.25, 0.3) is 0 Å². The lowest BCUT2D eigenvalue weighted by atomic mass is 9.74. The molecule has 1 aromatic carbocycles. The Kier molecular flexibility index (Phi) is 3.91. The average molecular weight is 236 g/mol. The van der Waals surface area contributed by atoms with Crippen molar-refractivity contribution in [2.75, 3.05) is 0 Å². The summed E-state index contributed by atoms with van der Waals surface area (Å²) in [7, 11) is 0. The molecule has 1 radical (unpaired) electrons. The second-order valence-electron chi connectivity index (χ2n) is 4.79. The zero-order chi connectivity index (χ0) is 11.4. The summed E-state index contributed by atoms with van der Waals surface area (Å²) in [5, 5.41) is 0. The smallest absolute Gasteiger partial charge is 0.0548 e. The van der Waals surface area contributed by atoms with Gasteiger partial charge in [0.1, 0.15) is 0 Å². The van der Waals surface area contributed by atoms with Crippen LogP contribution in [-0.2, 0) is 6.42 Å². The maximum Gasteiger partial charge on any atom is 0.0548 e. The van der Waals surface area contributed by atoms with Crippen LogP contribution in [0.1, 0.15) is 44.6 Å². The van der Waals surface area contributed by atoms with Crippen molar-refractivity contribution in [3.8, 4) is 0 Å². The molecule has 1 aromatic rings. The first-order valence-electron chi connectivity index (χ1n) is 6.32. The summed E-state index contributed by atoms with van der Waals surface area (Å²) in [5.41, 5.74) is 1.37. The third-order valence-electron chi connectivity index (χ3n) is 3.69. The highest BCUT2D eigenvalue weighted by atomic mass is 35.5. The first-order chi connectivity index (χ1) is 7.74. The van der Waals surface area contributed by atoms with Crippen molar-refractivity contribution >= 4 is 11.6 Å². The van der Waals surface area contributed by atoms with Crippen molar-refractivity contribution in [3.05, 3.63) is 41.8 Å². The maximum absolute atomic E-state index is 6.84. The molecule has 0 heterocycles. The Bertz CT molecular complexity index is 319. The minimum absolute atomic E-state index is 0.0612. The molecular weight excluding hydrogens is 216 g/mol. The zero-order valence-electron chi connectivity index (χ0n) is 10.0. The van der Waals surface area contributed by atoms with Crippen molar-refractivity contribution in [1.82, 2.24) is 0 Å². The summed E-state index contributed by atoms with van der Waals surface area (Å²) in [6, 6.07) is 10.6. The van der Waals surface area contributed by atoms with Gasteiger partial charge in [-0.3, -0.25) is 0 Å². The number of rotatable bonds is 3. The summed E-state index contributed by atoms with van der Waals surface area (Å²) in [6.45, 7) is 2.24. The molecule has 1 heteroatoms. The van der Waals surface area contributed by atoms with E-state index in [2.05, 4.69) is 37.3 Å². The molecule has 2 rings (SSSR count). The van der Waals surface area contributed by atoms with Gasteiger partial charge in [-0.15, -0.1) is 11.6 Å². The van der Waals surface area contributed by atoms with Gasteiger partial charge in [0.15, 0.2) is 0 Å². The molecule has 1 fully saturated rings. The van der Waals surface area contributed by atoms with E-state index in [0.29, 0.717) is 0 Å². The normalized spacial score (nSPS) is 26.9. The number of halogens is 1. The van der Waals surface area contributed by atoms with Gasteiger partial charge in [-0.2, -0.15) is 0 Å². The molecule has 0 spiro atoms. The van der Waals surface area contributed by atoms with E-state index < -0.39 is 0 Å². The van der Waals surface area contributed by atoms with E-state index in [4.69, 9.17) is 11.6 Å². The van der Waals surface area contributed by atoms with Gasteiger partial charge >= 0.3 is 0 Å². The van der Waals surface area contributed by atoms with Crippen LogP contribution in [0.3, 0.4) is 0 Å². The summed E-state index contributed by atoms with van der Waals surface area (Å²) >= 11 is 6.84. The van der Waals surface area contributed by atoms with Gasteiger partial charge in [0, 0.05) is 0 Å². The molecule has 0 aromatic heterocycles. The standard InChI is InChI=1S/C15H20Cl/c1-2-14-10-6-7-11-15(14,16)12-13-8-4-3-5-9-13/h3-5,8-9H,2,6-7,10-12H2,1H3. The molecule has 1 saturated carbocycles. The van der Waals surface area contributed by atoms with E-state index in [1.165, 1.54) is 24.8 Å². The predicted octanol–water partition coefficient (Wildman–Crippen LogP) is 4.77. The van der Waals surface area contributed by atoms with Crippen molar-refractivity contribution in [3.63, 3.8) is 0 Å². The zero-order valence-corrected chi connectivity index (χ0v) is 10.8. The summed E-state index contributed by atoms with van der Waals surface area (Å²) in [4.78, 5) is -0.0612. The van der Waals surface area contributed by atoms with Crippen LogP contribution in [0.5, 0.6) is 0 Å². The van der Waals surface area contributed by atoms with E-state index in [1.54, 1.807) is 5.92 Å². The van der Waals surface area contributed by atoms with Gasteiger partial charge in [-0.25, -0.2) is 0 Å². The van der Waals surface area contributed by atoms with Crippen LogP contribution < -0.4 is 0 Å². The molecule has 1 unspecified atom stereocenters. The first-order valence-corrected chi connectivity index (χ1v) is 6.70. The van der Waals surface area contributed by atoms with Crippen LogP contribution >= 0.6 is 11.6 Å². The number of benzene rings is 1. The molecule has 87 valence electrons. The molecule has 0 amide bonds. The topological polar surface area (TPSA) is 0 Å². The Morgan fingerprint density at radius 2 is 1.94 bits per heavy atom. The fourth-order valence-electron chi connectivity index (χ4n) is 2.77. The molecular formula is C15H20Cl. The van der Waals surface area contributed by atoms with Crippen molar-refractivity contribution in [2.45, 2.75) is 50.3 Å². The van der Waals surface area contributed by atoms with Gasteiger partial charge in [0.2, 0.25) is 0 Å². The van der Waals surface area contributed by atoms with Crippen LogP contribution in [0.15, 0.2) is 30.3 Å². The minimum Gasteiger partial charge on any atom is -0.118 e. The third-order valence-corrected chi connectivity index (χ3v) is 4.28. The van der Waals surface area contributed by atoms with Crippen LogP contribution in [0.4, 0.5) is 0 Å². The summed E-state index contributed by atoms with van der Waals surface area (Å²) in [5.74, 6) is 1.56. The van der Waals surface area contributed by atoms with Gasteiger partial charge < -0.3 is 0 Å². The fourth-order valence-corrected chi connectivity index (χ4v) is 3.29. The second kappa shape index (κ2) is 5.23. The Morgan fingerprint density at radius 1 is 1.19 bits per heavy atom. The Morgan fingerprint density at radius 3 is 2.62 bits per heavy atom. The highest BCUT2D eigenvalue weighted by Gasteiger charge is 2.38. The first kappa shape index (κ1) is 12.0. The quantitative estimate of drug-likeness (QED) is 0.663. The highest BCUT2D eigenvalue weighted by Crippen LogP contribution is 2.44. The lowest BCUT2D eigenvalue weighted by Gasteiger charge is -2.38. The van der Waals surface area contributed by atoms with Crippen LogP contribution in [-0.4, -0.2) is 4.87 Å². The lowest BCUT2D eigenvalue weighted by Crippen LogP contribution is -2.35. The molecule has 0 saturated heterocycles. The molecule has 0 N–H and O–H groups in total. The van der Waals surface area contributed by atoms with Crippen molar-refractivity contribution in [1.29, 1.82) is 0 Å². The molecule has 0 aliphatic heterocycles. The maximum atomic E-state index is 6.84. The summed E-state index contributed by atoms with van der Waals surface area (Å²) < 4.78 is 0. The molecule has 0 nitrogen and oxygen atoms in total. The second-order valence-corrected chi connectivity index (χ2v) is 5.52. The van der Waals surface area contributed by atoms with Gasteiger partial charge in [0.05, 0.1) is 4.87 Å². The molecule has 16 heavy (non-hydrogen) atoms. The Balaban J connectivity index is 2.11. The lowest BCUT2D eigenvalue weighted by molar-refractivity contribution is 0.405. The fraction of sp³-hybridized carbons (Fsp3) is 0.533. The van der Waals surface area contributed by atoms with E-state index in [-0.39, 0.29) is 4.87 Å². The number of hydrogen-bond acceptors (Lipinski definition) is 0. The Hall–Kier alpha value is -0.490. The van der Waals surface area contributed by atoms with E-state index in [9.17, 15) is 0 Å². The minimum atomic E-state index is -0.0612. The largest absolute Gasteiger partial charge is 0.118 e. The van der Waals surface area contributed by atoms with Crippen molar-refractivity contribution < 1.29 is 0 Å². The summed E-state index contributed by atoms with van der Waals surface area (Å²) in [6.07, 6.45) is 7.11. The highest BCUT2D eigenvalue weighted by molar-refractivity contribution is 6.25. The Labute approximate surface area is 104 Å². The predicted molar refractivity (Wildman–Crippen MR) is 70.7 cm³/mol. The van der Waals surface area contributed by atoms with E-state index >= 15 is 0 Å². The third kappa shape index (κ3) is 2.60. The van der Waals surface area contributed by atoms with Crippen LogP contribution in [0.2, 0.25) is 0 Å². The molecule has 1 aliphatic carbocycles. The SMILES string of the molecule is CC[C]1CCCCC1(Cl)Cc1ccccc1.